The van der Waals surface area contributed by atoms with E-state index in [2.05, 4.69) is 0 Å². The molecule has 0 radical (unpaired) electrons. The van der Waals surface area contributed by atoms with Crippen LogP contribution in [0.5, 0.6) is 0 Å². The van der Waals surface area contributed by atoms with Gasteiger partial charge in [0.1, 0.15) is 0 Å². The van der Waals surface area contributed by atoms with Crippen LogP contribution < -0.4 is 0 Å². The fourth-order valence-electron chi connectivity index (χ4n) is 1.96. The summed E-state index contributed by atoms with van der Waals surface area (Å²) in [5.41, 5.74) is 0. The predicted octanol–water partition coefficient (Wildman–Crippen LogP) is 3.37. The molecule has 0 saturated heterocycles. The third-order valence-electron chi connectivity index (χ3n) is 3.13. The van der Waals surface area contributed by atoms with Gasteiger partial charge in [0.25, 0.3) is 0 Å². The Bertz CT molecular complexity index is 195. The molecule has 0 fully saturated rings. The van der Waals surface area contributed by atoms with E-state index in [1.54, 1.807) is 0 Å². The lowest BCUT2D eigenvalue weighted by Crippen LogP contribution is -1.97. The normalized spacial score (nSPS) is 10.8. The van der Waals surface area contributed by atoms with Crippen LogP contribution in [-0.4, -0.2) is 36.0 Å². The highest BCUT2D eigenvalue weighted by Crippen LogP contribution is 2.07. The zero-order chi connectivity index (χ0) is 14.2. The number of aliphatic hydroxyl groups is 1. The molecule has 0 aliphatic rings. The molecule has 19 heavy (non-hydrogen) atoms. The summed E-state index contributed by atoms with van der Waals surface area (Å²) in [7, 11) is 0. The topological polar surface area (TPSA) is 66.8 Å². The maximum absolute atomic E-state index is 10.3. The Morgan fingerprint density at radius 3 is 1.74 bits per heavy atom. The standard InChI is InChI=1S/C15H30O4/c16-12-8-4-6-10-14-19-13-9-5-2-1-3-7-11-15(17)18/h16H,1-14H2,(H,17,18). The molecule has 2 N–H and O–H groups in total. The summed E-state index contributed by atoms with van der Waals surface area (Å²) < 4.78 is 5.53. The molecule has 0 rings (SSSR count). The van der Waals surface area contributed by atoms with Crippen molar-refractivity contribution in [2.24, 2.45) is 0 Å². The maximum Gasteiger partial charge on any atom is 0.303 e. The maximum atomic E-state index is 10.3. The van der Waals surface area contributed by atoms with Gasteiger partial charge in [-0.2, -0.15) is 0 Å². The molecule has 0 aliphatic heterocycles. The van der Waals surface area contributed by atoms with Crippen molar-refractivity contribution in [2.75, 3.05) is 19.8 Å². The van der Waals surface area contributed by atoms with Crippen LogP contribution in [0.3, 0.4) is 0 Å². The van der Waals surface area contributed by atoms with Crippen LogP contribution in [0.15, 0.2) is 0 Å². The summed E-state index contributed by atoms with van der Waals surface area (Å²) >= 11 is 0. The molecule has 0 saturated carbocycles. The second-order valence-corrected chi connectivity index (χ2v) is 5.02. The largest absolute Gasteiger partial charge is 0.481 e. The summed E-state index contributed by atoms with van der Waals surface area (Å²) in [5.74, 6) is -0.688. The van der Waals surface area contributed by atoms with Crippen molar-refractivity contribution >= 4 is 5.97 Å². The molecule has 4 nitrogen and oxygen atoms in total. The number of hydrogen-bond acceptors (Lipinski definition) is 3. The van der Waals surface area contributed by atoms with Crippen molar-refractivity contribution in [3.8, 4) is 0 Å². The molecular formula is C15H30O4. The molecule has 0 aromatic carbocycles. The molecule has 0 heterocycles. The number of carbonyl (C=O) groups is 1. The fraction of sp³-hybridized carbons (Fsp3) is 0.933. The second-order valence-electron chi connectivity index (χ2n) is 5.02. The van der Waals surface area contributed by atoms with E-state index in [1.165, 1.54) is 12.8 Å². The molecule has 0 aromatic heterocycles. The minimum Gasteiger partial charge on any atom is -0.481 e. The van der Waals surface area contributed by atoms with E-state index in [0.717, 1.165) is 64.6 Å². The van der Waals surface area contributed by atoms with Crippen molar-refractivity contribution in [1.82, 2.24) is 0 Å². The Morgan fingerprint density at radius 2 is 1.21 bits per heavy atom. The smallest absolute Gasteiger partial charge is 0.303 e. The average Bonchev–Trinajstić information content (AvgIpc) is 2.39. The Balaban J connectivity index is 2.93. The average molecular weight is 274 g/mol. The van der Waals surface area contributed by atoms with Crippen molar-refractivity contribution in [3.63, 3.8) is 0 Å². The van der Waals surface area contributed by atoms with Crippen molar-refractivity contribution in [3.05, 3.63) is 0 Å². The molecule has 0 spiro atoms. The zero-order valence-corrected chi connectivity index (χ0v) is 12.1. The van der Waals surface area contributed by atoms with Crippen molar-refractivity contribution in [2.45, 2.75) is 70.6 Å². The molecule has 0 unspecified atom stereocenters. The third-order valence-corrected chi connectivity index (χ3v) is 3.13. The minimum atomic E-state index is -0.688. The highest BCUT2D eigenvalue weighted by Gasteiger charge is 1.96. The van der Waals surface area contributed by atoms with Gasteiger partial charge in [0.05, 0.1) is 0 Å². The predicted molar refractivity (Wildman–Crippen MR) is 76.3 cm³/mol. The molecule has 0 aliphatic carbocycles. The van der Waals surface area contributed by atoms with Crippen LogP contribution in [0.25, 0.3) is 0 Å². The van der Waals surface area contributed by atoms with Gasteiger partial charge < -0.3 is 14.9 Å². The summed E-state index contributed by atoms with van der Waals surface area (Å²) in [6, 6.07) is 0. The van der Waals surface area contributed by atoms with Crippen molar-refractivity contribution in [1.29, 1.82) is 0 Å². The van der Waals surface area contributed by atoms with Gasteiger partial charge in [0.2, 0.25) is 0 Å². The van der Waals surface area contributed by atoms with Gasteiger partial charge in [-0.25, -0.2) is 0 Å². The number of unbranched alkanes of at least 4 members (excludes halogenated alkanes) is 8. The lowest BCUT2D eigenvalue weighted by Gasteiger charge is -2.04. The van der Waals surface area contributed by atoms with Gasteiger partial charge in [-0.3, -0.25) is 4.79 Å². The second kappa shape index (κ2) is 15.4. The van der Waals surface area contributed by atoms with Gasteiger partial charge >= 0.3 is 5.97 Å². The number of rotatable bonds is 15. The van der Waals surface area contributed by atoms with Gasteiger partial charge in [-0.1, -0.05) is 38.5 Å². The van der Waals surface area contributed by atoms with E-state index >= 15 is 0 Å². The molecule has 0 atom stereocenters. The van der Waals surface area contributed by atoms with E-state index in [-0.39, 0.29) is 0 Å². The first kappa shape index (κ1) is 18.4. The Hall–Kier alpha value is -0.610. The Kier molecular flexibility index (Phi) is 15.0. The Labute approximate surface area is 117 Å². The lowest BCUT2D eigenvalue weighted by atomic mass is 10.1. The van der Waals surface area contributed by atoms with Gasteiger partial charge in [-0.05, 0) is 25.7 Å². The summed E-state index contributed by atoms with van der Waals surface area (Å²) in [6.45, 7) is 1.98. The quantitative estimate of drug-likeness (QED) is 0.449. The number of aliphatic hydroxyl groups excluding tert-OH is 1. The number of carboxylic acids is 1. The van der Waals surface area contributed by atoms with Crippen LogP contribution >= 0.6 is 0 Å². The Morgan fingerprint density at radius 1 is 0.737 bits per heavy atom. The van der Waals surface area contributed by atoms with E-state index in [0.29, 0.717) is 13.0 Å². The van der Waals surface area contributed by atoms with Crippen LogP contribution in [0.2, 0.25) is 0 Å². The number of ether oxygens (including phenoxy) is 1. The van der Waals surface area contributed by atoms with E-state index < -0.39 is 5.97 Å². The van der Waals surface area contributed by atoms with Crippen LogP contribution in [0.4, 0.5) is 0 Å². The molecule has 114 valence electrons. The van der Waals surface area contributed by atoms with Gasteiger partial charge in [0.15, 0.2) is 0 Å². The van der Waals surface area contributed by atoms with E-state index in [9.17, 15) is 4.79 Å². The highest BCUT2D eigenvalue weighted by molar-refractivity contribution is 5.66. The first-order chi connectivity index (χ1) is 9.27. The first-order valence-corrected chi connectivity index (χ1v) is 7.67. The molecule has 0 aromatic rings. The van der Waals surface area contributed by atoms with Crippen LogP contribution in [-0.2, 0) is 9.53 Å². The monoisotopic (exact) mass is 274 g/mol. The fourth-order valence-corrected chi connectivity index (χ4v) is 1.96. The third kappa shape index (κ3) is 17.4. The van der Waals surface area contributed by atoms with E-state index in [4.69, 9.17) is 14.9 Å². The molecule has 0 amide bonds. The van der Waals surface area contributed by atoms with Crippen molar-refractivity contribution < 1.29 is 19.7 Å². The van der Waals surface area contributed by atoms with Crippen LogP contribution in [0, 0.1) is 0 Å². The molecular weight excluding hydrogens is 244 g/mol. The van der Waals surface area contributed by atoms with Gasteiger partial charge in [0, 0.05) is 26.2 Å². The summed E-state index contributed by atoms with van der Waals surface area (Å²) in [5, 5.41) is 17.1. The summed E-state index contributed by atoms with van der Waals surface area (Å²) in [4.78, 5) is 10.3. The highest BCUT2D eigenvalue weighted by atomic mass is 16.5. The summed E-state index contributed by atoms with van der Waals surface area (Å²) in [6.07, 6.45) is 11.0. The lowest BCUT2D eigenvalue weighted by molar-refractivity contribution is -0.137. The number of aliphatic carboxylic acids is 1. The first-order valence-electron chi connectivity index (χ1n) is 7.67. The van der Waals surface area contributed by atoms with Crippen LogP contribution in [0.1, 0.15) is 70.6 Å². The number of carboxylic acid groups (broad SMARTS) is 1. The van der Waals surface area contributed by atoms with E-state index in [1.807, 2.05) is 0 Å². The van der Waals surface area contributed by atoms with Gasteiger partial charge in [-0.15, -0.1) is 0 Å². The number of hydrogen-bond donors (Lipinski definition) is 2. The molecule has 4 heteroatoms. The molecule has 0 bridgehead atoms. The zero-order valence-electron chi connectivity index (χ0n) is 12.1. The SMILES string of the molecule is O=C(O)CCCCCCCCOCCCCCCO. The minimum absolute atomic E-state index is 0.299.